The van der Waals surface area contributed by atoms with Crippen LogP contribution in [0.2, 0.25) is 0 Å². The fourth-order valence-corrected chi connectivity index (χ4v) is 4.62. The number of fused-ring (bicyclic) bond motifs is 1. The van der Waals surface area contributed by atoms with Crippen LogP contribution in [0, 0.1) is 29.1 Å². The van der Waals surface area contributed by atoms with E-state index < -0.39 is 59.4 Å². The van der Waals surface area contributed by atoms with Crippen molar-refractivity contribution in [3.8, 4) is 6.07 Å². The lowest BCUT2D eigenvalue weighted by Gasteiger charge is -2.26. The van der Waals surface area contributed by atoms with Gasteiger partial charge in [0.05, 0.1) is 17.7 Å². The van der Waals surface area contributed by atoms with Gasteiger partial charge in [-0.3, -0.25) is 9.59 Å². The molecule has 0 radical (unpaired) electrons. The standard InChI is InChI=1S/C29H42N6O7/c1-10-19-22(40-26(38)17(6)15(2)3)23(36)29(13-30,41-19)20-12-11-18-24(31-14-32-35(18)20)34-25(37)21(16(4)5)33-27(39)42-28(7,8)9/h11-12,14-17,19,21-23,36H,10H2,1-9H3,(H,33,39)(H,31,32,34,37)/t17-,19+,21-,22+,23+,29-/m0/s1. The Morgan fingerprint density at radius 1 is 1.19 bits per heavy atom. The number of hydrogen-bond donors (Lipinski definition) is 3. The van der Waals surface area contributed by atoms with Crippen LogP contribution in [0.15, 0.2) is 18.5 Å². The van der Waals surface area contributed by atoms with Gasteiger partial charge in [0, 0.05) is 0 Å². The molecule has 0 unspecified atom stereocenters. The second-order valence-corrected chi connectivity index (χ2v) is 12.3. The molecule has 1 saturated heterocycles. The second-order valence-electron chi connectivity index (χ2n) is 12.3. The van der Waals surface area contributed by atoms with Crippen molar-refractivity contribution < 1.29 is 33.7 Å². The van der Waals surface area contributed by atoms with Crippen LogP contribution in [0.25, 0.3) is 5.52 Å². The maximum absolute atomic E-state index is 13.2. The minimum Gasteiger partial charge on any atom is -0.456 e. The number of ether oxygens (including phenoxy) is 3. The summed E-state index contributed by atoms with van der Waals surface area (Å²) in [7, 11) is 0. The van der Waals surface area contributed by atoms with E-state index in [9.17, 15) is 24.8 Å². The summed E-state index contributed by atoms with van der Waals surface area (Å²) >= 11 is 0. The van der Waals surface area contributed by atoms with Gasteiger partial charge in [0.2, 0.25) is 11.5 Å². The number of aliphatic hydroxyl groups excluding tert-OH is 1. The molecule has 0 aromatic carbocycles. The summed E-state index contributed by atoms with van der Waals surface area (Å²) in [5.74, 6) is -1.60. The number of anilines is 1. The first-order chi connectivity index (χ1) is 19.6. The summed E-state index contributed by atoms with van der Waals surface area (Å²) in [5, 5.41) is 31.3. The van der Waals surface area contributed by atoms with E-state index in [1.54, 1.807) is 60.6 Å². The molecule has 0 spiro atoms. The summed E-state index contributed by atoms with van der Waals surface area (Å²) in [4.78, 5) is 42.6. The molecule has 2 aromatic heterocycles. The molecule has 0 aliphatic carbocycles. The first-order valence-electron chi connectivity index (χ1n) is 14.2. The maximum atomic E-state index is 13.2. The molecule has 13 heteroatoms. The lowest BCUT2D eigenvalue weighted by atomic mass is 9.91. The molecule has 6 atom stereocenters. The molecule has 42 heavy (non-hydrogen) atoms. The normalized spacial score (nSPS) is 23.8. The highest BCUT2D eigenvalue weighted by atomic mass is 16.6. The quantitative estimate of drug-likeness (QED) is 0.369. The third kappa shape index (κ3) is 6.65. The number of amides is 2. The number of hydrogen-bond acceptors (Lipinski definition) is 10. The number of nitriles is 1. The molecule has 0 bridgehead atoms. The lowest BCUT2D eigenvalue weighted by molar-refractivity contribution is -0.161. The first-order valence-corrected chi connectivity index (χ1v) is 14.2. The van der Waals surface area contributed by atoms with Crippen LogP contribution in [0.3, 0.4) is 0 Å². The third-order valence-corrected chi connectivity index (χ3v) is 7.32. The number of aliphatic hydroxyl groups is 1. The maximum Gasteiger partial charge on any atom is 0.408 e. The first kappa shape index (κ1) is 32.8. The number of carbonyl (C=O) groups is 3. The van der Waals surface area contributed by atoms with Crippen molar-refractivity contribution in [1.29, 1.82) is 5.26 Å². The summed E-state index contributed by atoms with van der Waals surface area (Å²) in [6.07, 6.45) is -2.54. The molecule has 3 heterocycles. The predicted molar refractivity (Wildman–Crippen MR) is 152 cm³/mol. The van der Waals surface area contributed by atoms with E-state index in [0.717, 1.165) is 0 Å². The highest BCUT2D eigenvalue weighted by Gasteiger charge is 2.59. The van der Waals surface area contributed by atoms with Crippen molar-refractivity contribution in [1.82, 2.24) is 19.9 Å². The van der Waals surface area contributed by atoms with Crippen molar-refractivity contribution in [2.45, 2.75) is 104 Å². The van der Waals surface area contributed by atoms with Crippen molar-refractivity contribution >= 4 is 29.3 Å². The number of carbonyl (C=O) groups excluding carboxylic acids is 3. The Balaban J connectivity index is 1.93. The van der Waals surface area contributed by atoms with Gasteiger partial charge in [-0.2, -0.15) is 10.4 Å². The zero-order valence-electron chi connectivity index (χ0n) is 25.7. The average molecular weight is 587 g/mol. The predicted octanol–water partition coefficient (Wildman–Crippen LogP) is 3.31. The van der Waals surface area contributed by atoms with E-state index in [2.05, 4.69) is 26.8 Å². The molecule has 230 valence electrons. The minimum absolute atomic E-state index is 0.0206. The van der Waals surface area contributed by atoms with E-state index in [-0.39, 0.29) is 23.3 Å². The Morgan fingerprint density at radius 3 is 2.40 bits per heavy atom. The Labute approximate surface area is 245 Å². The average Bonchev–Trinajstić information content (AvgIpc) is 3.45. The van der Waals surface area contributed by atoms with Crippen LogP contribution in [0.1, 0.15) is 74.4 Å². The van der Waals surface area contributed by atoms with Crippen molar-refractivity contribution in [2.75, 3.05) is 5.32 Å². The molecular formula is C29H42N6O7. The lowest BCUT2D eigenvalue weighted by Crippen LogP contribution is -2.48. The molecule has 2 aromatic rings. The van der Waals surface area contributed by atoms with Gasteiger partial charge in [0.25, 0.3) is 0 Å². The van der Waals surface area contributed by atoms with Gasteiger partial charge >= 0.3 is 12.1 Å². The van der Waals surface area contributed by atoms with Crippen LogP contribution in [0.5, 0.6) is 0 Å². The summed E-state index contributed by atoms with van der Waals surface area (Å²) in [6.45, 7) is 16.0. The molecule has 0 saturated carbocycles. The van der Waals surface area contributed by atoms with Gasteiger partial charge < -0.3 is 30.0 Å². The Morgan fingerprint density at radius 2 is 1.86 bits per heavy atom. The Hall–Kier alpha value is -3.76. The SMILES string of the molecule is CC[C@H]1O[C@@](C#N)(c2ccc3c(NC(=O)[C@@H](NC(=O)OC(C)(C)C)C(C)C)ncnn23)[C@H](O)[C@@H]1OC(=O)[C@@H](C)C(C)C. The van der Waals surface area contributed by atoms with Crippen molar-refractivity contribution in [3.63, 3.8) is 0 Å². The van der Waals surface area contributed by atoms with E-state index in [0.29, 0.717) is 11.9 Å². The van der Waals surface area contributed by atoms with Crippen LogP contribution in [0.4, 0.5) is 10.6 Å². The monoisotopic (exact) mass is 586 g/mol. The molecule has 3 rings (SSSR count). The fraction of sp³-hybridized carbons (Fsp3) is 0.655. The Kier molecular flexibility index (Phi) is 9.85. The minimum atomic E-state index is -1.92. The van der Waals surface area contributed by atoms with E-state index in [4.69, 9.17) is 14.2 Å². The topological polar surface area (TPSA) is 177 Å². The second kappa shape index (κ2) is 12.6. The Bertz CT molecular complexity index is 1340. The van der Waals surface area contributed by atoms with Gasteiger partial charge in [-0.15, -0.1) is 0 Å². The van der Waals surface area contributed by atoms with Gasteiger partial charge in [-0.1, -0.05) is 41.5 Å². The molecule has 1 aliphatic heterocycles. The molecule has 13 nitrogen and oxygen atoms in total. The number of alkyl carbamates (subject to hydrolysis) is 1. The molecule has 3 N–H and O–H groups in total. The van der Waals surface area contributed by atoms with Gasteiger partial charge in [-0.05, 0) is 51.2 Å². The van der Waals surface area contributed by atoms with Crippen LogP contribution >= 0.6 is 0 Å². The van der Waals surface area contributed by atoms with Crippen LogP contribution in [-0.4, -0.2) is 67.6 Å². The van der Waals surface area contributed by atoms with Gasteiger partial charge in [0.15, 0.2) is 11.9 Å². The smallest absolute Gasteiger partial charge is 0.408 e. The number of nitrogens with zero attached hydrogens (tertiary/aromatic N) is 4. The molecule has 1 aliphatic rings. The third-order valence-electron chi connectivity index (χ3n) is 7.32. The van der Waals surface area contributed by atoms with E-state index in [1.807, 2.05) is 13.8 Å². The van der Waals surface area contributed by atoms with E-state index >= 15 is 0 Å². The summed E-state index contributed by atoms with van der Waals surface area (Å²) in [5.41, 5.74) is -2.18. The highest BCUT2D eigenvalue weighted by molar-refractivity contribution is 5.98. The summed E-state index contributed by atoms with van der Waals surface area (Å²) < 4.78 is 18.5. The van der Waals surface area contributed by atoms with Crippen molar-refractivity contribution in [3.05, 3.63) is 24.2 Å². The van der Waals surface area contributed by atoms with E-state index in [1.165, 1.54) is 10.8 Å². The number of aromatic nitrogens is 3. The number of esters is 1. The van der Waals surface area contributed by atoms with Crippen molar-refractivity contribution in [2.24, 2.45) is 17.8 Å². The molecule has 2 amide bonds. The van der Waals surface area contributed by atoms with Crippen LogP contribution in [-0.2, 0) is 29.4 Å². The highest BCUT2D eigenvalue weighted by Crippen LogP contribution is 2.43. The largest absolute Gasteiger partial charge is 0.456 e. The number of rotatable bonds is 9. The molecule has 1 fully saturated rings. The van der Waals surface area contributed by atoms with Gasteiger partial charge in [-0.25, -0.2) is 14.3 Å². The summed E-state index contributed by atoms with van der Waals surface area (Å²) in [6, 6.07) is 4.26. The van der Waals surface area contributed by atoms with Gasteiger partial charge in [0.1, 0.15) is 35.7 Å². The molecular weight excluding hydrogens is 544 g/mol. The fourth-order valence-electron chi connectivity index (χ4n) is 4.62. The zero-order valence-corrected chi connectivity index (χ0v) is 25.7. The number of nitrogens with one attached hydrogen (secondary N) is 2. The zero-order chi connectivity index (χ0) is 31.6. The van der Waals surface area contributed by atoms with Crippen LogP contribution < -0.4 is 10.6 Å².